The molecule has 1 aliphatic rings. The molecular weight excluding hydrogens is 420 g/mol. The molecule has 6 heteroatoms. The molecule has 0 saturated heterocycles. The van der Waals surface area contributed by atoms with Gasteiger partial charge in [0, 0.05) is 12.2 Å². The molecule has 5 nitrogen and oxygen atoms in total. The average molecular weight is 449 g/mol. The molecule has 0 bridgehead atoms. The number of carbonyl (C=O) groups is 1. The van der Waals surface area contributed by atoms with Crippen molar-refractivity contribution in [2.75, 3.05) is 11.3 Å². The lowest BCUT2D eigenvalue weighted by Gasteiger charge is -2.17. The lowest BCUT2D eigenvalue weighted by molar-refractivity contribution is -0.123. The van der Waals surface area contributed by atoms with Crippen LogP contribution >= 0.6 is 0 Å². The van der Waals surface area contributed by atoms with Crippen LogP contribution in [-0.4, -0.2) is 20.9 Å². The SMILES string of the molecule is Cc1ccc(C)c(S(=O)(=O)Nc2ccc(C3(C(=O)NCCc4ccccc4)CC3)cc2)c1. The van der Waals surface area contributed by atoms with E-state index in [2.05, 4.69) is 22.2 Å². The highest BCUT2D eigenvalue weighted by molar-refractivity contribution is 7.92. The Kier molecular flexibility index (Phi) is 6.07. The van der Waals surface area contributed by atoms with Gasteiger partial charge in [-0.1, -0.05) is 54.6 Å². The summed E-state index contributed by atoms with van der Waals surface area (Å²) in [5.74, 6) is 0.0390. The average Bonchev–Trinajstić information content (AvgIpc) is 3.58. The van der Waals surface area contributed by atoms with E-state index in [1.165, 1.54) is 5.56 Å². The zero-order valence-electron chi connectivity index (χ0n) is 18.4. The van der Waals surface area contributed by atoms with Crippen LogP contribution in [0.4, 0.5) is 5.69 Å². The number of aryl methyl sites for hydroxylation is 2. The molecule has 0 spiro atoms. The molecule has 3 aromatic carbocycles. The zero-order chi connectivity index (χ0) is 22.8. The predicted molar refractivity (Wildman–Crippen MR) is 127 cm³/mol. The smallest absolute Gasteiger partial charge is 0.262 e. The molecule has 0 aliphatic heterocycles. The van der Waals surface area contributed by atoms with Crippen molar-refractivity contribution in [3.8, 4) is 0 Å². The maximum atomic E-state index is 12.9. The van der Waals surface area contributed by atoms with Gasteiger partial charge in [-0.2, -0.15) is 0 Å². The van der Waals surface area contributed by atoms with Crippen molar-refractivity contribution in [1.29, 1.82) is 0 Å². The van der Waals surface area contributed by atoms with Crippen LogP contribution in [0.15, 0.2) is 77.7 Å². The third-order valence-electron chi connectivity index (χ3n) is 6.05. The van der Waals surface area contributed by atoms with Crippen molar-refractivity contribution in [3.05, 3.63) is 95.1 Å². The largest absolute Gasteiger partial charge is 0.355 e. The molecule has 4 rings (SSSR count). The van der Waals surface area contributed by atoms with Gasteiger partial charge >= 0.3 is 0 Å². The van der Waals surface area contributed by atoms with Crippen molar-refractivity contribution >= 4 is 21.6 Å². The number of amides is 1. The number of anilines is 1. The number of rotatable bonds is 8. The van der Waals surface area contributed by atoms with Gasteiger partial charge in [-0.05, 0) is 73.6 Å². The van der Waals surface area contributed by atoms with Crippen molar-refractivity contribution in [2.45, 2.75) is 43.4 Å². The first-order valence-corrected chi connectivity index (χ1v) is 12.3. The first-order chi connectivity index (χ1) is 15.3. The van der Waals surface area contributed by atoms with Gasteiger partial charge in [0.05, 0.1) is 10.3 Å². The highest BCUT2D eigenvalue weighted by atomic mass is 32.2. The second-order valence-corrected chi connectivity index (χ2v) is 10.2. The quantitative estimate of drug-likeness (QED) is 0.533. The third-order valence-corrected chi connectivity index (χ3v) is 7.57. The van der Waals surface area contributed by atoms with Crippen LogP contribution in [0.5, 0.6) is 0 Å². The van der Waals surface area contributed by atoms with Gasteiger partial charge in [0.25, 0.3) is 10.0 Å². The number of benzene rings is 3. The van der Waals surface area contributed by atoms with Gasteiger partial charge in [-0.3, -0.25) is 9.52 Å². The van der Waals surface area contributed by atoms with E-state index in [0.717, 1.165) is 30.4 Å². The fraction of sp³-hybridized carbons (Fsp3) is 0.269. The minimum absolute atomic E-state index is 0.0390. The summed E-state index contributed by atoms with van der Waals surface area (Å²) in [5, 5.41) is 3.07. The molecule has 0 heterocycles. The van der Waals surface area contributed by atoms with Crippen LogP contribution < -0.4 is 10.0 Å². The van der Waals surface area contributed by atoms with E-state index < -0.39 is 15.4 Å². The Morgan fingerprint density at radius 3 is 2.28 bits per heavy atom. The second kappa shape index (κ2) is 8.79. The van der Waals surface area contributed by atoms with Gasteiger partial charge in [-0.15, -0.1) is 0 Å². The number of carbonyl (C=O) groups excluding carboxylic acids is 1. The third kappa shape index (κ3) is 4.70. The molecule has 0 radical (unpaired) electrons. The normalized spacial score (nSPS) is 14.6. The van der Waals surface area contributed by atoms with E-state index in [0.29, 0.717) is 17.8 Å². The number of sulfonamides is 1. The fourth-order valence-electron chi connectivity index (χ4n) is 3.97. The van der Waals surface area contributed by atoms with Crippen LogP contribution in [0, 0.1) is 13.8 Å². The lowest BCUT2D eigenvalue weighted by atomic mass is 9.94. The zero-order valence-corrected chi connectivity index (χ0v) is 19.2. The molecule has 1 amide bonds. The molecule has 166 valence electrons. The summed E-state index contributed by atoms with van der Waals surface area (Å²) in [5.41, 5.74) is 3.68. The van der Waals surface area contributed by atoms with E-state index >= 15 is 0 Å². The summed E-state index contributed by atoms with van der Waals surface area (Å²) in [6.45, 7) is 4.25. The molecule has 0 atom stereocenters. The first-order valence-electron chi connectivity index (χ1n) is 10.8. The summed E-state index contributed by atoms with van der Waals surface area (Å²) in [6, 6.07) is 22.6. The maximum absolute atomic E-state index is 12.9. The van der Waals surface area contributed by atoms with E-state index in [1.54, 1.807) is 31.2 Å². The van der Waals surface area contributed by atoms with Crippen molar-refractivity contribution in [2.24, 2.45) is 0 Å². The number of hydrogen-bond acceptors (Lipinski definition) is 3. The Morgan fingerprint density at radius 2 is 1.62 bits per heavy atom. The summed E-state index contributed by atoms with van der Waals surface area (Å²) >= 11 is 0. The summed E-state index contributed by atoms with van der Waals surface area (Å²) in [6.07, 6.45) is 2.40. The van der Waals surface area contributed by atoms with E-state index in [4.69, 9.17) is 0 Å². The Hall–Kier alpha value is -3.12. The highest BCUT2D eigenvalue weighted by Gasteiger charge is 2.51. The number of nitrogens with one attached hydrogen (secondary N) is 2. The van der Waals surface area contributed by atoms with Gasteiger partial charge in [-0.25, -0.2) is 8.42 Å². The lowest BCUT2D eigenvalue weighted by Crippen LogP contribution is -2.35. The molecule has 3 aromatic rings. The van der Waals surface area contributed by atoms with Gasteiger partial charge < -0.3 is 5.32 Å². The highest BCUT2D eigenvalue weighted by Crippen LogP contribution is 2.48. The monoisotopic (exact) mass is 448 g/mol. The van der Waals surface area contributed by atoms with Crippen molar-refractivity contribution in [3.63, 3.8) is 0 Å². The fourth-order valence-corrected chi connectivity index (χ4v) is 5.36. The maximum Gasteiger partial charge on any atom is 0.262 e. The topological polar surface area (TPSA) is 75.3 Å². The number of hydrogen-bond donors (Lipinski definition) is 2. The van der Waals surface area contributed by atoms with E-state index in [-0.39, 0.29) is 10.8 Å². The van der Waals surface area contributed by atoms with Gasteiger partial charge in [0.2, 0.25) is 5.91 Å². The van der Waals surface area contributed by atoms with Crippen LogP contribution in [0.3, 0.4) is 0 Å². The minimum Gasteiger partial charge on any atom is -0.355 e. The van der Waals surface area contributed by atoms with Crippen LogP contribution in [0.25, 0.3) is 0 Å². The van der Waals surface area contributed by atoms with Crippen LogP contribution in [-0.2, 0) is 26.7 Å². The predicted octanol–water partition coefficient (Wildman–Crippen LogP) is 4.49. The minimum atomic E-state index is -3.68. The Balaban J connectivity index is 1.41. The van der Waals surface area contributed by atoms with Crippen molar-refractivity contribution in [1.82, 2.24) is 5.32 Å². The van der Waals surface area contributed by atoms with Gasteiger partial charge in [0.1, 0.15) is 0 Å². The van der Waals surface area contributed by atoms with E-state index in [1.807, 2.05) is 43.3 Å². The summed E-state index contributed by atoms with van der Waals surface area (Å²) in [7, 11) is -3.68. The summed E-state index contributed by atoms with van der Waals surface area (Å²) in [4.78, 5) is 13.1. The van der Waals surface area contributed by atoms with Crippen LogP contribution in [0.1, 0.15) is 35.1 Å². The Bertz CT molecular complexity index is 1220. The molecular formula is C26H28N2O3S. The van der Waals surface area contributed by atoms with E-state index in [9.17, 15) is 13.2 Å². The summed E-state index contributed by atoms with van der Waals surface area (Å²) < 4.78 is 28.3. The molecule has 0 unspecified atom stereocenters. The molecule has 1 saturated carbocycles. The van der Waals surface area contributed by atoms with Crippen molar-refractivity contribution < 1.29 is 13.2 Å². The van der Waals surface area contributed by atoms with Crippen LogP contribution in [0.2, 0.25) is 0 Å². The molecule has 2 N–H and O–H groups in total. The Morgan fingerprint density at radius 1 is 0.938 bits per heavy atom. The van der Waals surface area contributed by atoms with Gasteiger partial charge in [0.15, 0.2) is 0 Å². The molecule has 0 aromatic heterocycles. The standard InChI is InChI=1S/C26H28N2O3S/c1-19-8-9-20(2)24(18-19)32(30,31)28-23-12-10-22(11-13-23)26(15-16-26)25(29)27-17-14-21-6-4-3-5-7-21/h3-13,18,28H,14-17H2,1-2H3,(H,27,29). The molecule has 1 aliphatic carbocycles. The molecule has 32 heavy (non-hydrogen) atoms. The molecule has 1 fully saturated rings. The second-order valence-electron chi connectivity index (χ2n) is 8.53. The first kappa shape index (κ1) is 22.1. The Labute approximate surface area is 189 Å².